The van der Waals surface area contributed by atoms with Crippen molar-refractivity contribution in [3.63, 3.8) is 0 Å². The van der Waals surface area contributed by atoms with E-state index in [1.165, 1.54) is 5.56 Å². The van der Waals surface area contributed by atoms with Gasteiger partial charge in [-0.3, -0.25) is 4.79 Å². The molecule has 0 aliphatic rings. The first-order chi connectivity index (χ1) is 7.13. The Balaban J connectivity index is 2.50. The van der Waals surface area contributed by atoms with E-state index < -0.39 is 0 Å². The molecule has 1 rings (SSSR count). The van der Waals surface area contributed by atoms with Crippen LogP contribution in [0.2, 0.25) is 0 Å². The number of carbonyl (C=O) groups is 1. The molecule has 0 bridgehead atoms. The Morgan fingerprint density at radius 1 is 1.40 bits per heavy atom. The third-order valence-corrected chi connectivity index (χ3v) is 2.75. The number of halogens is 1. The van der Waals surface area contributed by atoms with Crippen molar-refractivity contribution in [1.29, 1.82) is 0 Å². The van der Waals surface area contributed by atoms with Gasteiger partial charge in [0.05, 0.1) is 6.54 Å². The second-order valence-corrected chi connectivity index (χ2v) is 4.24. The first kappa shape index (κ1) is 12.2. The van der Waals surface area contributed by atoms with Crippen molar-refractivity contribution < 1.29 is 4.79 Å². The van der Waals surface area contributed by atoms with Crippen molar-refractivity contribution in [2.45, 2.75) is 13.0 Å². The van der Waals surface area contributed by atoms with E-state index in [9.17, 15) is 4.79 Å². The van der Waals surface area contributed by atoms with Crippen LogP contribution in [0.25, 0.3) is 0 Å². The summed E-state index contributed by atoms with van der Waals surface area (Å²) < 4.78 is 1.06. The predicted molar refractivity (Wildman–Crippen MR) is 64.6 cm³/mol. The molecule has 0 saturated heterocycles. The smallest absolute Gasteiger partial charge is 0.233 e. The highest BCUT2D eigenvalue weighted by Crippen LogP contribution is 2.15. The van der Waals surface area contributed by atoms with Gasteiger partial charge in [0, 0.05) is 17.6 Å². The molecule has 1 aromatic rings. The molecule has 0 aromatic heterocycles. The molecule has 0 saturated carbocycles. The first-order valence-electron chi connectivity index (χ1n) is 4.83. The number of likely N-dealkylation sites (N-methyl/N-ethyl adjacent to an activating group) is 1. The molecule has 1 aromatic carbocycles. The van der Waals surface area contributed by atoms with Gasteiger partial charge in [0.25, 0.3) is 0 Å². The van der Waals surface area contributed by atoms with E-state index in [2.05, 4.69) is 26.6 Å². The monoisotopic (exact) mass is 270 g/mol. The molecule has 2 N–H and O–H groups in total. The molecule has 0 spiro atoms. The normalized spacial score (nSPS) is 12.2. The summed E-state index contributed by atoms with van der Waals surface area (Å²) in [6.07, 6.45) is 0. The third-order valence-electron chi connectivity index (χ3n) is 2.22. The Morgan fingerprint density at radius 2 is 2.00 bits per heavy atom. The van der Waals surface area contributed by atoms with E-state index in [-0.39, 0.29) is 11.9 Å². The average molecular weight is 271 g/mol. The summed E-state index contributed by atoms with van der Waals surface area (Å²) in [5.74, 6) is -0.000961. The molecule has 1 amide bonds. The molecular formula is C11H15BrN2O. The number of rotatable bonds is 4. The molecule has 0 heterocycles. The summed E-state index contributed by atoms with van der Waals surface area (Å²) in [7, 11) is 1.63. The number of benzene rings is 1. The third kappa shape index (κ3) is 4.01. The molecule has 1 atom stereocenters. The highest BCUT2D eigenvalue weighted by atomic mass is 79.9. The van der Waals surface area contributed by atoms with Crippen molar-refractivity contribution in [3.05, 3.63) is 34.3 Å². The highest BCUT2D eigenvalue weighted by Gasteiger charge is 2.05. The van der Waals surface area contributed by atoms with Gasteiger partial charge >= 0.3 is 0 Å². The van der Waals surface area contributed by atoms with E-state index in [1.807, 2.05) is 31.2 Å². The summed E-state index contributed by atoms with van der Waals surface area (Å²) in [4.78, 5) is 11.0. The maximum Gasteiger partial charge on any atom is 0.233 e. The minimum absolute atomic E-state index is 0.000961. The van der Waals surface area contributed by atoms with Gasteiger partial charge in [0.15, 0.2) is 0 Å². The molecule has 15 heavy (non-hydrogen) atoms. The molecule has 0 fully saturated rings. The Morgan fingerprint density at radius 3 is 2.53 bits per heavy atom. The van der Waals surface area contributed by atoms with Crippen molar-refractivity contribution in [2.75, 3.05) is 13.6 Å². The maximum absolute atomic E-state index is 11.0. The molecular weight excluding hydrogens is 256 g/mol. The molecule has 0 aliphatic carbocycles. The Labute approximate surface area is 98.4 Å². The number of carbonyl (C=O) groups excluding carboxylic acids is 1. The van der Waals surface area contributed by atoms with Crippen LogP contribution in [0, 0.1) is 0 Å². The highest BCUT2D eigenvalue weighted by molar-refractivity contribution is 9.10. The molecule has 4 heteroatoms. The van der Waals surface area contributed by atoms with E-state index in [0.29, 0.717) is 6.54 Å². The molecule has 0 radical (unpaired) electrons. The summed E-state index contributed by atoms with van der Waals surface area (Å²) in [5.41, 5.74) is 1.17. The van der Waals surface area contributed by atoms with Gasteiger partial charge in [-0.25, -0.2) is 0 Å². The fraction of sp³-hybridized carbons (Fsp3) is 0.364. The van der Waals surface area contributed by atoms with Crippen molar-refractivity contribution in [2.24, 2.45) is 0 Å². The van der Waals surface area contributed by atoms with Gasteiger partial charge in [-0.1, -0.05) is 28.1 Å². The Bertz CT molecular complexity index is 324. The van der Waals surface area contributed by atoms with Gasteiger partial charge in [-0.15, -0.1) is 0 Å². The lowest BCUT2D eigenvalue weighted by atomic mass is 10.1. The van der Waals surface area contributed by atoms with Crippen LogP contribution < -0.4 is 10.6 Å². The quantitative estimate of drug-likeness (QED) is 0.877. The summed E-state index contributed by atoms with van der Waals surface area (Å²) in [6, 6.07) is 8.23. The minimum atomic E-state index is -0.000961. The largest absolute Gasteiger partial charge is 0.358 e. The minimum Gasteiger partial charge on any atom is -0.358 e. The van der Waals surface area contributed by atoms with E-state index in [1.54, 1.807) is 7.05 Å². The second kappa shape index (κ2) is 5.88. The van der Waals surface area contributed by atoms with E-state index in [4.69, 9.17) is 0 Å². The lowest BCUT2D eigenvalue weighted by Gasteiger charge is -2.13. The second-order valence-electron chi connectivity index (χ2n) is 3.33. The van der Waals surface area contributed by atoms with Crippen LogP contribution in [0.3, 0.4) is 0 Å². The Hall–Kier alpha value is -0.870. The Kier molecular flexibility index (Phi) is 4.78. The summed E-state index contributed by atoms with van der Waals surface area (Å²) in [6.45, 7) is 2.37. The number of amides is 1. The van der Waals surface area contributed by atoms with Crippen molar-refractivity contribution in [3.8, 4) is 0 Å². The standard InChI is InChI=1S/C11H15BrN2O/c1-8(14-7-11(15)13-2)9-3-5-10(12)6-4-9/h3-6,8,14H,7H2,1-2H3,(H,13,15)/t8-/m0/s1. The average Bonchev–Trinajstić information content (AvgIpc) is 2.26. The lowest BCUT2D eigenvalue weighted by Crippen LogP contribution is -2.32. The zero-order valence-corrected chi connectivity index (χ0v) is 10.5. The van der Waals surface area contributed by atoms with E-state index in [0.717, 1.165) is 4.47 Å². The fourth-order valence-corrected chi connectivity index (χ4v) is 1.47. The van der Waals surface area contributed by atoms with Crippen LogP contribution in [-0.2, 0) is 4.79 Å². The molecule has 0 aliphatic heterocycles. The van der Waals surface area contributed by atoms with Crippen LogP contribution >= 0.6 is 15.9 Å². The SMILES string of the molecule is CNC(=O)CN[C@@H](C)c1ccc(Br)cc1. The van der Waals surface area contributed by atoms with Crippen LogP contribution in [0.5, 0.6) is 0 Å². The van der Waals surface area contributed by atoms with Crippen molar-refractivity contribution >= 4 is 21.8 Å². The van der Waals surface area contributed by atoms with Crippen LogP contribution in [-0.4, -0.2) is 19.5 Å². The zero-order chi connectivity index (χ0) is 11.3. The zero-order valence-electron chi connectivity index (χ0n) is 8.88. The van der Waals surface area contributed by atoms with Gasteiger partial charge in [-0.05, 0) is 24.6 Å². The predicted octanol–water partition coefficient (Wildman–Crippen LogP) is 1.85. The molecule has 3 nitrogen and oxygen atoms in total. The summed E-state index contributed by atoms with van der Waals surface area (Å²) in [5, 5.41) is 5.71. The van der Waals surface area contributed by atoms with Crippen LogP contribution in [0.4, 0.5) is 0 Å². The van der Waals surface area contributed by atoms with Gasteiger partial charge in [0.1, 0.15) is 0 Å². The molecule has 82 valence electrons. The molecule has 0 unspecified atom stereocenters. The summed E-state index contributed by atoms with van der Waals surface area (Å²) >= 11 is 3.38. The number of hydrogen-bond acceptors (Lipinski definition) is 2. The van der Waals surface area contributed by atoms with Crippen LogP contribution in [0.1, 0.15) is 18.5 Å². The fourth-order valence-electron chi connectivity index (χ4n) is 1.20. The number of nitrogens with one attached hydrogen (secondary N) is 2. The first-order valence-corrected chi connectivity index (χ1v) is 5.62. The van der Waals surface area contributed by atoms with Crippen molar-refractivity contribution in [1.82, 2.24) is 10.6 Å². The topological polar surface area (TPSA) is 41.1 Å². The van der Waals surface area contributed by atoms with Gasteiger partial charge < -0.3 is 10.6 Å². The van der Waals surface area contributed by atoms with Gasteiger partial charge in [-0.2, -0.15) is 0 Å². The number of hydrogen-bond donors (Lipinski definition) is 2. The maximum atomic E-state index is 11.0. The van der Waals surface area contributed by atoms with Crippen LogP contribution in [0.15, 0.2) is 28.7 Å². The van der Waals surface area contributed by atoms with Gasteiger partial charge in [0.2, 0.25) is 5.91 Å². The van der Waals surface area contributed by atoms with E-state index >= 15 is 0 Å². The lowest BCUT2D eigenvalue weighted by molar-refractivity contribution is -0.119.